The highest BCUT2D eigenvalue weighted by Crippen LogP contribution is 2.31. The summed E-state index contributed by atoms with van der Waals surface area (Å²) in [6.07, 6.45) is -0.0599. The number of nitrogens with zero attached hydrogens (tertiary/aromatic N) is 2. The molecule has 4 rings (SSSR count). The van der Waals surface area contributed by atoms with Crippen LogP contribution in [0.5, 0.6) is 5.75 Å². The van der Waals surface area contributed by atoms with Gasteiger partial charge in [0.2, 0.25) is 0 Å². The monoisotopic (exact) mass is 336 g/mol. The molecule has 0 N–H and O–H groups in total. The van der Waals surface area contributed by atoms with E-state index in [1.54, 1.807) is 0 Å². The Hall–Kier alpha value is -2.82. The van der Waals surface area contributed by atoms with Gasteiger partial charge in [-0.15, -0.1) is 0 Å². The van der Waals surface area contributed by atoms with Gasteiger partial charge in [0.15, 0.2) is 12.7 Å². The van der Waals surface area contributed by atoms with E-state index < -0.39 is 0 Å². The van der Waals surface area contributed by atoms with Crippen molar-refractivity contribution < 1.29 is 14.4 Å². The average molecular weight is 336 g/mol. The molecule has 0 radical (unpaired) electrons. The number of aryl methyl sites for hydroxylation is 1. The minimum Gasteiger partial charge on any atom is -0.484 e. The number of amides is 1. The molecule has 2 unspecified atom stereocenters. The molecule has 2 aromatic rings. The van der Waals surface area contributed by atoms with Crippen molar-refractivity contribution in [2.75, 3.05) is 19.7 Å². The van der Waals surface area contributed by atoms with E-state index in [2.05, 4.69) is 24.2 Å². The zero-order valence-corrected chi connectivity index (χ0v) is 14.1. The Bertz CT molecular complexity index is 804. The lowest BCUT2D eigenvalue weighted by atomic mass is 9.92. The summed E-state index contributed by atoms with van der Waals surface area (Å²) in [4.78, 5) is 19.9. The second-order valence-corrected chi connectivity index (χ2v) is 6.44. The van der Waals surface area contributed by atoms with E-state index in [-0.39, 0.29) is 24.5 Å². The van der Waals surface area contributed by atoms with E-state index in [1.165, 1.54) is 5.56 Å². The SMILES string of the molecule is Cc1ccccc1C1=NOC2CN(C(=O)COc3ccccc3)CC12. The van der Waals surface area contributed by atoms with E-state index in [9.17, 15) is 4.79 Å². The number of hydrogen-bond acceptors (Lipinski definition) is 4. The molecule has 0 saturated carbocycles. The van der Waals surface area contributed by atoms with Crippen LogP contribution in [-0.4, -0.2) is 42.3 Å². The van der Waals surface area contributed by atoms with Crippen molar-refractivity contribution >= 4 is 11.6 Å². The third kappa shape index (κ3) is 3.09. The molecule has 25 heavy (non-hydrogen) atoms. The first-order chi connectivity index (χ1) is 12.2. The molecule has 0 bridgehead atoms. The maximum Gasteiger partial charge on any atom is 0.260 e. The van der Waals surface area contributed by atoms with E-state index in [1.807, 2.05) is 47.4 Å². The van der Waals surface area contributed by atoms with Crippen molar-refractivity contribution in [2.45, 2.75) is 13.0 Å². The standard InChI is InChI=1S/C20H20N2O3/c1-14-7-5-6-10-16(14)20-17-11-22(12-18(17)25-21-20)19(23)13-24-15-8-3-2-4-9-15/h2-10,17-18H,11-13H2,1H3. The Morgan fingerprint density at radius 2 is 1.92 bits per heavy atom. The van der Waals surface area contributed by atoms with E-state index in [0.717, 1.165) is 11.3 Å². The Morgan fingerprint density at radius 1 is 1.16 bits per heavy atom. The summed E-state index contributed by atoms with van der Waals surface area (Å²) in [7, 11) is 0. The van der Waals surface area contributed by atoms with Gasteiger partial charge in [-0.2, -0.15) is 0 Å². The molecule has 1 fully saturated rings. The number of carbonyl (C=O) groups excluding carboxylic acids is 1. The summed E-state index contributed by atoms with van der Waals surface area (Å²) in [5.41, 5.74) is 3.22. The predicted octanol–water partition coefficient (Wildman–Crippen LogP) is 2.64. The zero-order chi connectivity index (χ0) is 17.2. The van der Waals surface area contributed by atoms with Crippen molar-refractivity contribution in [2.24, 2.45) is 11.1 Å². The van der Waals surface area contributed by atoms with Crippen LogP contribution in [0.1, 0.15) is 11.1 Å². The zero-order valence-electron chi connectivity index (χ0n) is 14.1. The molecule has 2 heterocycles. The summed E-state index contributed by atoms with van der Waals surface area (Å²) >= 11 is 0. The fourth-order valence-corrected chi connectivity index (χ4v) is 3.40. The van der Waals surface area contributed by atoms with Crippen molar-refractivity contribution in [3.63, 3.8) is 0 Å². The number of hydrogen-bond donors (Lipinski definition) is 0. The van der Waals surface area contributed by atoms with Crippen LogP contribution in [0.25, 0.3) is 0 Å². The van der Waals surface area contributed by atoms with Gasteiger partial charge in [-0.05, 0) is 24.6 Å². The first-order valence-corrected chi connectivity index (χ1v) is 8.47. The Kier molecular flexibility index (Phi) is 4.14. The summed E-state index contributed by atoms with van der Waals surface area (Å²) in [5, 5.41) is 4.29. The number of oxime groups is 1. The van der Waals surface area contributed by atoms with Gasteiger partial charge in [-0.25, -0.2) is 0 Å². The van der Waals surface area contributed by atoms with Crippen molar-refractivity contribution in [3.05, 3.63) is 65.7 Å². The van der Waals surface area contributed by atoms with Crippen molar-refractivity contribution in [3.8, 4) is 5.75 Å². The molecule has 2 aliphatic rings. The van der Waals surface area contributed by atoms with Gasteiger partial charge in [0, 0.05) is 12.1 Å². The molecule has 0 spiro atoms. The number of rotatable bonds is 4. The largest absolute Gasteiger partial charge is 0.484 e. The molecule has 2 aliphatic heterocycles. The predicted molar refractivity (Wildman–Crippen MR) is 94.6 cm³/mol. The van der Waals surface area contributed by atoms with Gasteiger partial charge in [0.05, 0.1) is 18.2 Å². The molecule has 1 saturated heterocycles. The van der Waals surface area contributed by atoms with E-state index >= 15 is 0 Å². The lowest BCUT2D eigenvalue weighted by Crippen LogP contribution is -2.34. The number of para-hydroxylation sites is 1. The summed E-state index contributed by atoms with van der Waals surface area (Å²) < 4.78 is 5.57. The normalized spacial score (nSPS) is 21.5. The molecule has 2 atom stereocenters. The van der Waals surface area contributed by atoms with Gasteiger partial charge >= 0.3 is 0 Å². The van der Waals surface area contributed by atoms with Crippen molar-refractivity contribution in [1.29, 1.82) is 0 Å². The quantitative estimate of drug-likeness (QED) is 0.862. The lowest BCUT2D eigenvalue weighted by molar-refractivity contribution is -0.132. The molecule has 128 valence electrons. The topological polar surface area (TPSA) is 51.1 Å². The van der Waals surface area contributed by atoms with Crippen LogP contribution in [-0.2, 0) is 9.63 Å². The molecule has 0 aromatic heterocycles. The highest BCUT2D eigenvalue weighted by atomic mass is 16.6. The Morgan fingerprint density at radius 3 is 2.72 bits per heavy atom. The van der Waals surface area contributed by atoms with Gasteiger partial charge in [-0.1, -0.05) is 47.6 Å². The highest BCUT2D eigenvalue weighted by Gasteiger charge is 2.44. The number of carbonyl (C=O) groups is 1. The maximum absolute atomic E-state index is 12.5. The summed E-state index contributed by atoms with van der Waals surface area (Å²) in [6.45, 7) is 3.28. The van der Waals surface area contributed by atoms with Gasteiger partial charge in [-0.3, -0.25) is 4.79 Å². The van der Waals surface area contributed by atoms with Gasteiger partial charge in [0.25, 0.3) is 5.91 Å². The van der Waals surface area contributed by atoms with Gasteiger partial charge < -0.3 is 14.5 Å². The Balaban J connectivity index is 1.41. The molecule has 0 aliphatic carbocycles. The molecule has 1 amide bonds. The first kappa shape index (κ1) is 15.7. The van der Waals surface area contributed by atoms with E-state index in [4.69, 9.17) is 9.57 Å². The molecular formula is C20H20N2O3. The molecule has 5 heteroatoms. The molecule has 5 nitrogen and oxygen atoms in total. The number of ether oxygens (including phenoxy) is 1. The van der Waals surface area contributed by atoms with Crippen LogP contribution in [0.3, 0.4) is 0 Å². The van der Waals surface area contributed by atoms with Crippen LogP contribution in [0.15, 0.2) is 59.8 Å². The van der Waals surface area contributed by atoms with Crippen LogP contribution in [0, 0.1) is 12.8 Å². The van der Waals surface area contributed by atoms with Crippen LogP contribution < -0.4 is 4.74 Å². The molecule has 2 aromatic carbocycles. The van der Waals surface area contributed by atoms with Crippen LogP contribution in [0.2, 0.25) is 0 Å². The summed E-state index contributed by atoms with van der Waals surface area (Å²) in [6, 6.07) is 17.5. The van der Waals surface area contributed by atoms with Gasteiger partial charge in [0.1, 0.15) is 5.75 Å². The minimum atomic E-state index is -0.0599. The fourth-order valence-electron chi connectivity index (χ4n) is 3.40. The second kappa shape index (κ2) is 6.59. The third-order valence-electron chi connectivity index (χ3n) is 4.78. The number of benzene rings is 2. The maximum atomic E-state index is 12.5. The second-order valence-electron chi connectivity index (χ2n) is 6.44. The highest BCUT2D eigenvalue weighted by molar-refractivity contribution is 6.04. The smallest absolute Gasteiger partial charge is 0.260 e. The molecular weight excluding hydrogens is 316 g/mol. The average Bonchev–Trinajstić information content (AvgIpc) is 3.22. The van der Waals surface area contributed by atoms with Crippen LogP contribution >= 0.6 is 0 Å². The number of likely N-dealkylation sites (tertiary alicyclic amines) is 1. The number of fused-ring (bicyclic) bond motifs is 1. The third-order valence-corrected chi connectivity index (χ3v) is 4.78. The van der Waals surface area contributed by atoms with Crippen LogP contribution in [0.4, 0.5) is 0 Å². The summed E-state index contributed by atoms with van der Waals surface area (Å²) in [5.74, 6) is 0.807. The van der Waals surface area contributed by atoms with Crippen molar-refractivity contribution in [1.82, 2.24) is 4.90 Å². The minimum absolute atomic E-state index is 0.0222. The fraction of sp³-hybridized carbons (Fsp3) is 0.300. The Labute approximate surface area is 146 Å². The first-order valence-electron chi connectivity index (χ1n) is 8.47. The lowest BCUT2D eigenvalue weighted by Gasteiger charge is -2.17. The van der Waals surface area contributed by atoms with E-state index in [0.29, 0.717) is 18.8 Å².